The van der Waals surface area contributed by atoms with Crippen LogP contribution < -0.4 is 14.8 Å². The summed E-state index contributed by atoms with van der Waals surface area (Å²) in [6.07, 6.45) is 1.78. The van der Waals surface area contributed by atoms with E-state index in [1.54, 1.807) is 32.4 Å². The standard InChI is InChI=1S/C23H26N2O4/c1-14-10-11-25-19(12-14)21(16-6-4-5-7-17(16)23(25)27)22(26)24-18-9-8-15(28-2)13-20(18)29-3/h4-9,13-14,19,21H,10-12H2,1-3H3,(H,24,26)/t14-,19+,21+/m0/s1. The summed E-state index contributed by atoms with van der Waals surface area (Å²) in [5, 5.41) is 3.03. The van der Waals surface area contributed by atoms with Crippen LogP contribution in [-0.4, -0.2) is 43.5 Å². The van der Waals surface area contributed by atoms with Crippen molar-refractivity contribution in [3.8, 4) is 11.5 Å². The predicted molar refractivity (Wildman–Crippen MR) is 111 cm³/mol. The van der Waals surface area contributed by atoms with Crippen molar-refractivity contribution in [1.82, 2.24) is 4.90 Å². The van der Waals surface area contributed by atoms with Gasteiger partial charge in [-0.3, -0.25) is 9.59 Å². The molecule has 4 rings (SSSR count). The first-order valence-corrected chi connectivity index (χ1v) is 9.96. The number of piperidine rings is 1. The molecule has 2 aliphatic rings. The Hall–Kier alpha value is -3.02. The first kappa shape index (κ1) is 19.3. The number of hydrogen-bond acceptors (Lipinski definition) is 4. The Bertz CT molecular complexity index is 942. The second-order valence-electron chi connectivity index (χ2n) is 7.82. The molecule has 1 N–H and O–H groups in total. The van der Waals surface area contributed by atoms with Gasteiger partial charge in [-0.2, -0.15) is 0 Å². The van der Waals surface area contributed by atoms with E-state index in [0.29, 0.717) is 35.2 Å². The Morgan fingerprint density at radius 3 is 2.69 bits per heavy atom. The number of nitrogens with one attached hydrogen (secondary N) is 1. The van der Waals surface area contributed by atoms with Crippen molar-refractivity contribution in [3.63, 3.8) is 0 Å². The monoisotopic (exact) mass is 394 g/mol. The van der Waals surface area contributed by atoms with Crippen LogP contribution in [0.15, 0.2) is 42.5 Å². The van der Waals surface area contributed by atoms with E-state index in [4.69, 9.17) is 9.47 Å². The van der Waals surface area contributed by atoms with Crippen LogP contribution in [0, 0.1) is 5.92 Å². The maximum Gasteiger partial charge on any atom is 0.254 e. The van der Waals surface area contributed by atoms with Gasteiger partial charge in [-0.15, -0.1) is 0 Å². The zero-order chi connectivity index (χ0) is 20.5. The second kappa shape index (κ2) is 7.78. The van der Waals surface area contributed by atoms with E-state index in [1.165, 1.54) is 0 Å². The summed E-state index contributed by atoms with van der Waals surface area (Å²) < 4.78 is 10.7. The lowest BCUT2D eigenvalue weighted by Gasteiger charge is -2.46. The highest BCUT2D eigenvalue weighted by atomic mass is 16.5. The van der Waals surface area contributed by atoms with Gasteiger partial charge in [-0.1, -0.05) is 25.1 Å². The van der Waals surface area contributed by atoms with E-state index in [2.05, 4.69) is 12.2 Å². The lowest BCUT2D eigenvalue weighted by Crippen LogP contribution is -2.54. The fourth-order valence-corrected chi connectivity index (χ4v) is 4.50. The van der Waals surface area contributed by atoms with E-state index in [-0.39, 0.29) is 17.9 Å². The maximum atomic E-state index is 13.5. The van der Waals surface area contributed by atoms with Gasteiger partial charge in [0.2, 0.25) is 5.91 Å². The third kappa shape index (κ3) is 3.43. The summed E-state index contributed by atoms with van der Waals surface area (Å²) >= 11 is 0. The minimum absolute atomic E-state index is 0.0311. The minimum Gasteiger partial charge on any atom is -0.497 e. The van der Waals surface area contributed by atoms with Gasteiger partial charge in [-0.25, -0.2) is 0 Å². The highest BCUT2D eigenvalue weighted by Crippen LogP contribution is 2.40. The molecule has 3 atom stereocenters. The number of amides is 2. The zero-order valence-corrected chi connectivity index (χ0v) is 17.0. The van der Waals surface area contributed by atoms with Crippen molar-refractivity contribution in [2.24, 2.45) is 5.92 Å². The predicted octanol–water partition coefficient (Wildman–Crippen LogP) is 3.68. The van der Waals surface area contributed by atoms with Crippen LogP contribution in [0.1, 0.15) is 41.6 Å². The van der Waals surface area contributed by atoms with Gasteiger partial charge in [0.15, 0.2) is 0 Å². The van der Waals surface area contributed by atoms with Crippen LogP contribution >= 0.6 is 0 Å². The molecule has 0 aromatic heterocycles. The molecular formula is C23H26N2O4. The van der Waals surface area contributed by atoms with Crippen LogP contribution in [0.3, 0.4) is 0 Å². The van der Waals surface area contributed by atoms with Crippen LogP contribution in [0.25, 0.3) is 0 Å². The summed E-state index contributed by atoms with van der Waals surface area (Å²) in [5.41, 5.74) is 2.01. The highest BCUT2D eigenvalue weighted by Gasteiger charge is 2.45. The smallest absolute Gasteiger partial charge is 0.254 e. The Morgan fingerprint density at radius 1 is 1.14 bits per heavy atom. The van der Waals surface area contributed by atoms with Gasteiger partial charge in [-0.05, 0) is 42.5 Å². The minimum atomic E-state index is -0.418. The van der Waals surface area contributed by atoms with Gasteiger partial charge in [0.1, 0.15) is 11.5 Å². The van der Waals surface area contributed by atoms with Crippen LogP contribution in [0.4, 0.5) is 5.69 Å². The van der Waals surface area contributed by atoms with Crippen molar-refractivity contribution < 1.29 is 19.1 Å². The number of anilines is 1. The topological polar surface area (TPSA) is 67.9 Å². The molecule has 2 aromatic rings. The highest BCUT2D eigenvalue weighted by molar-refractivity contribution is 6.04. The molecule has 0 spiro atoms. The first-order chi connectivity index (χ1) is 14.0. The fourth-order valence-electron chi connectivity index (χ4n) is 4.50. The average molecular weight is 394 g/mol. The van der Waals surface area contributed by atoms with Crippen molar-refractivity contribution in [3.05, 3.63) is 53.6 Å². The molecule has 2 amide bonds. The maximum absolute atomic E-state index is 13.5. The zero-order valence-electron chi connectivity index (χ0n) is 17.0. The van der Waals surface area contributed by atoms with E-state index in [9.17, 15) is 9.59 Å². The van der Waals surface area contributed by atoms with E-state index >= 15 is 0 Å². The van der Waals surface area contributed by atoms with Crippen molar-refractivity contribution in [2.45, 2.75) is 31.7 Å². The summed E-state index contributed by atoms with van der Waals surface area (Å²) in [7, 11) is 3.14. The summed E-state index contributed by atoms with van der Waals surface area (Å²) in [5.74, 6) is 1.15. The van der Waals surface area contributed by atoms with Crippen LogP contribution in [0.2, 0.25) is 0 Å². The average Bonchev–Trinajstić information content (AvgIpc) is 2.74. The molecular weight excluding hydrogens is 368 g/mol. The first-order valence-electron chi connectivity index (χ1n) is 9.96. The van der Waals surface area contributed by atoms with Gasteiger partial charge in [0.05, 0.1) is 25.8 Å². The number of nitrogens with zero attached hydrogens (tertiary/aromatic N) is 1. The number of hydrogen-bond donors (Lipinski definition) is 1. The molecule has 6 heteroatoms. The normalized spacial score (nSPS) is 23.1. The number of carbonyl (C=O) groups excluding carboxylic acids is 2. The number of rotatable bonds is 4. The van der Waals surface area contributed by atoms with Crippen molar-refractivity contribution >= 4 is 17.5 Å². The third-order valence-electron chi connectivity index (χ3n) is 6.03. The molecule has 29 heavy (non-hydrogen) atoms. The van der Waals surface area contributed by atoms with Crippen molar-refractivity contribution in [1.29, 1.82) is 0 Å². The number of ether oxygens (including phenoxy) is 2. The number of methoxy groups -OCH3 is 2. The van der Waals surface area contributed by atoms with E-state index in [0.717, 1.165) is 18.4 Å². The van der Waals surface area contributed by atoms with Gasteiger partial charge >= 0.3 is 0 Å². The number of carbonyl (C=O) groups is 2. The third-order valence-corrected chi connectivity index (χ3v) is 6.03. The van der Waals surface area contributed by atoms with E-state index in [1.807, 2.05) is 29.2 Å². The molecule has 0 aliphatic carbocycles. The molecule has 152 valence electrons. The summed E-state index contributed by atoms with van der Waals surface area (Å²) in [4.78, 5) is 28.4. The Balaban J connectivity index is 1.71. The van der Waals surface area contributed by atoms with Gasteiger partial charge in [0.25, 0.3) is 5.91 Å². The summed E-state index contributed by atoms with van der Waals surface area (Å²) in [6, 6.07) is 12.6. The van der Waals surface area contributed by atoms with Gasteiger partial charge in [0, 0.05) is 24.2 Å². The molecule has 0 bridgehead atoms. The quantitative estimate of drug-likeness (QED) is 0.859. The second-order valence-corrected chi connectivity index (χ2v) is 7.82. The van der Waals surface area contributed by atoms with Crippen LogP contribution in [0.5, 0.6) is 11.5 Å². The number of fused-ring (bicyclic) bond motifs is 2. The molecule has 0 unspecified atom stereocenters. The molecule has 2 aromatic carbocycles. The van der Waals surface area contributed by atoms with Crippen LogP contribution in [-0.2, 0) is 4.79 Å². The lowest BCUT2D eigenvalue weighted by molar-refractivity contribution is -0.119. The molecule has 2 aliphatic heterocycles. The Labute approximate surface area is 170 Å². The van der Waals surface area contributed by atoms with Crippen molar-refractivity contribution in [2.75, 3.05) is 26.1 Å². The molecule has 1 saturated heterocycles. The Kier molecular flexibility index (Phi) is 5.18. The fraction of sp³-hybridized carbons (Fsp3) is 0.391. The van der Waals surface area contributed by atoms with Gasteiger partial charge < -0.3 is 19.7 Å². The SMILES string of the molecule is COc1ccc(NC(=O)[C@@H]2c3ccccc3C(=O)N3CC[C@H](C)C[C@H]23)c(OC)c1. The summed E-state index contributed by atoms with van der Waals surface area (Å²) in [6.45, 7) is 2.87. The molecule has 6 nitrogen and oxygen atoms in total. The molecule has 1 fully saturated rings. The molecule has 0 saturated carbocycles. The number of benzene rings is 2. The largest absolute Gasteiger partial charge is 0.497 e. The molecule has 2 heterocycles. The Morgan fingerprint density at radius 2 is 1.93 bits per heavy atom. The molecule has 0 radical (unpaired) electrons. The van der Waals surface area contributed by atoms with E-state index < -0.39 is 5.92 Å². The lowest BCUT2D eigenvalue weighted by atomic mass is 9.76.